The SMILES string of the molecule is COc1cc(C)sc1CNCC[C@@]1(c2ccccn2)CCOC2(CCCC2)C1. The van der Waals surface area contributed by atoms with Crippen molar-refractivity contribution >= 4 is 11.3 Å². The summed E-state index contributed by atoms with van der Waals surface area (Å²) >= 11 is 1.82. The first-order valence-corrected chi connectivity index (χ1v) is 11.4. The van der Waals surface area contributed by atoms with Gasteiger partial charge in [0.25, 0.3) is 0 Å². The molecule has 0 aromatic carbocycles. The molecule has 2 fully saturated rings. The minimum Gasteiger partial charge on any atom is -0.496 e. The van der Waals surface area contributed by atoms with E-state index in [4.69, 9.17) is 14.5 Å². The lowest BCUT2D eigenvalue weighted by Gasteiger charge is -2.46. The van der Waals surface area contributed by atoms with Gasteiger partial charge in [0.15, 0.2) is 0 Å². The summed E-state index contributed by atoms with van der Waals surface area (Å²) in [5.74, 6) is 1.01. The molecule has 152 valence electrons. The van der Waals surface area contributed by atoms with Crippen molar-refractivity contribution in [2.75, 3.05) is 20.3 Å². The van der Waals surface area contributed by atoms with Crippen LogP contribution in [0.1, 0.15) is 60.4 Å². The van der Waals surface area contributed by atoms with Gasteiger partial charge in [-0.1, -0.05) is 18.9 Å². The predicted molar refractivity (Wildman–Crippen MR) is 114 cm³/mol. The molecule has 4 nitrogen and oxygen atoms in total. The second kappa shape index (κ2) is 8.52. The highest BCUT2D eigenvalue weighted by Crippen LogP contribution is 2.49. The molecule has 1 saturated heterocycles. The Balaban J connectivity index is 1.46. The lowest BCUT2D eigenvalue weighted by molar-refractivity contribution is -0.104. The summed E-state index contributed by atoms with van der Waals surface area (Å²) in [5.41, 5.74) is 1.45. The van der Waals surface area contributed by atoms with Crippen LogP contribution >= 0.6 is 11.3 Å². The van der Waals surface area contributed by atoms with Crippen LogP contribution in [0.3, 0.4) is 0 Å². The second-order valence-electron chi connectivity index (χ2n) is 8.44. The molecule has 0 unspecified atom stereocenters. The van der Waals surface area contributed by atoms with E-state index in [1.807, 2.05) is 23.6 Å². The van der Waals surface area contributed by atoms with E-state index in [1.54, 1.807) is 7.11 Å². The van der Waals surface area contributed by atoms with Crippen molar-refractivity contribution in [3.63, 3.8) is 0 Å². The van der Waals surface area contributed by atoms with Gasteiger partial charge in [0, 0.05) is 35.3 Å². The fraction of sp³-hybridized carbons (Fsp3) is 0.609. The number of hydrogen-bond donors (Lipinski definition) is 1. The van der Waals surface area contributed by atoms with Crippen molar-refractivity contribution in [2.24, 2.45) is 0 Å². The summed E-state index contributed by atoms with van der Waals surface area (Å²) in [6, 6.07) is 8.50. The minimum atomic E-state index is 0.0872. The van der Waals surface area contributed by atoms with Gasteiger partial charge >= 0.3 is 0 Å². The number of nitrogens with one attached hydrogen (secondary N) is 1. The molecule has 4 rings (SSSR count). The standard InChI is InChI=1S/C23H32N2O2S/c1-18-15-19(26-2)20(28-18)16-24-13-10-22(21-7-3-6-12-25-21)11-14-27-23(17-22)8-4-5-9-23/h3,6-7,12,15,24H,4-5,8-11,13-14,16-17H2,1-2H3/t22-/m1/s1. The zero-order valence-corrected chi connectivity index (χ0v) is 17.9. The zero-order valence-electron chi connectivity index (χ0n) is 17.1. The van der Waals surface area contributed by atoms with Crippen LogP contribution in [0.5, 0.6) is 5.75 Å². The first kappa shape index (κ1) is 19.9. The molecule has 3 heterocycles. The minimum absolute atomic E-state index is 0.0872. The molecule has 1 spiro atoms. The Morgan fingerprint density at radius 1 is 1.25 bits per heavy atom. The van der Waals surface area contributed by atoms with Crippen molar-refractivity contribution in [1.29, 1.82) is 0 Å². The average Bonchev–Trinajstić information content (AvgIpc) is 3.32. The van der Waals surface area contributed by atoms with Gasteiger partial charge in [-0.05, 0) is 63.8 Å². The zero-order chi connectivity index (χ0) is 19.5. The molecular formula is C23H32N2O2S. The first-order chi connectivity index (χ1) is 13.6. The molecule has 0 bridgehead atoms. The van der Waals surface area contributed by atoms with Gasteiger partial charge in [0.05, 0.1) is 17.6 Å². The molecule has 1 aliphatic heterocycles. The molecule has 5 heteroatoms. The van der Waals surface area contributed by atoms with Crippen LogP contribution in [0.25, 0.3) is 0 Å². The largest absolute Gasteiger partial charge is 0.496 e. The Kier molecular flexibility index (Phi) is 6.04. The number of ether oxygens (including phenoxy) is 2. The maximum absolute atomic E-state index is 6.35. The fourth-order valence-electron chi connectivity index (χ4n) is 5.16. The number of rotatable bonds is 7. The van der Waals surface area contributed by atoms with Gasteiger partial charge in [-0.2, -0.15) is 0 Å². The van der Waals surface area contributed by atoms with E-state index in [-0.39, 0.29) is 11.0 Å². The molecule has 2 aromatic rings. The Morgan fingerprint density at radius 2 is 2.11 bits per heavy atom. The third-order valence-electron chi connectivity index (χ3n) is 6.55. The topological polar surface area (TPSA) is 43.4 Å². The maximum atomic E-state index is 6.35. The maximum Gasteiger partial charge on any atom is 0.134 e. The van der Waals surface area contributed by atoms with E-state index in [9.17, 15) is 0 Å². The van der Waals surface area contributed by atoms with Crippen LogP contribution in [0.4, 0.5) is 0 Å². The average molecular weight is 401 g/mol. The third kappa shape index (κ3) is 4.12. The van der Waals surface area contributed by atoms with Crippen molar-refractivity contribution in [3.05, 3.63) is 45.9 Å². The fourth-order valence-corrected chi connectivity index (χ4v) is 6.13. The van der Waals surface area contributed by atoms with E-state index < -0.39 is 0 Å². The Hall–Kier alpha value is -1.43. The number of nitrogens with zero attached hydrogens (tertiary/aromatic N) is 1. The summed E-state index contributed by atoms with van der Waals surface area (Å²) in [6.45, 7) is 4.83. The van der Waals surface area contributed by atoms with Crippen LogP contribution in [0.15, 0.2) is 30.5 Å². The Morgan fingerprint density at radius 3 is 2.86 bits per heavy atom. The molecule has 1 N–H and O–H groups in total. The lowest BCUT2D eigenvalue weighted by Crippen LogP contribution is -2.47. The number of hydrogen-bond acceptors (Lipinski definition) is 5. The number of aromatic nitrogens is 1. The van der Waals surface area contributed by atoms with E-state index in [1.165, 1.54) is 41.1 Å². The van der Waals surface area contributed by atoms with Gasteiger partial charge in [-0.25, -0.2) is 0 Å². The Bertz CT molecular complexity index is 770. The van der Waals surface area contributed by atoms with Crippen LogP contribution in [-0.4, -0.2) is 30.8 Å². The molecular weight excluding hydrogens is 368 g/mol. The van der Waals surface area contributed by atoms with Gasteiger partial charge in [0.2, 0.25) is 0 Å². The summed E-state index contributed by atoms with van der Waals surface area (Å²) < 4.78 is 11.9. The number of thiophene rings is 1. The normalized spacial score (nSPS) is 23.9. The monoisotopic (exact) mass is 400 g/mol. The lowest BCUT2D eigenvalue weighted by atomic mass is 9.68. The summed E-state index contributed by atoms with van der Waals surface area (Å²) in [6.07, 6.45) is 10.2. The van der Waals surface area contributed by atoms with Crippen molar-refractivity contribution in [2.45, 2.75) is 69.4 Å². The first-order valence-electron chi connectivity index (χ1n) is 10.5. The van der Waals surface area contributed by atoms with Gasteiger partial charge in [0.1, 0.15) is 5.75 Å². The number of aryl methyl sites for hydroxylation is 1. The van der Waals surface area contributed by atoms with E-state index in [0.29, 0.717) is 0 Å². The van der Waals surface area contributed by atoms with Gasteiger partial charge < -0.3 is 14.8 Å². The number of methoxy groups -OCH3 is 1. The molecule has 28 heavy (non-hydrogen) atoms. The molecule has 0 amide bonds. The van der Waals surface area contributed by atoms with E-state index in [0.717, 1.165) is 44.7 Å². The molecule has 2 aromatic heterocycles. The third-order valence-corrected chi connectivity index (χ3v) is 7.58. The molecule has 1 saturated carbocycles. The number of pyridine rings is 1. The Labute approximate surface area is 172 Å². The summed E-state index contributed by atoms with van der Waals surface area (Å²) in [4.78, 5) is 7.38. The highest BCUT2D eigenvalue weighted by Gasteiger charge is 2.48. The van der Waals surface area contributed by atoms with Gasteiger partial charge in [-0.3, -0.25) is 4.98 Å². The van der Waals surface area contributed by atoms with Crippen LogP contribution in [-0.2, 0) is 16.7 Å². The molecule has 2 aliphatic rings. The second-order valence-corrected chi connectivity index (χ2v) is 9.78. The van der Waals surface area contributed by atoms with Gasteiger partial charge in [-0.15, -0.1) is 11.3 Å². The van der Waals surface area contributed by atoms with Crippen molar-refractivity contribution < 1.29 is 9.47 Å². The molecule has 1 aliphatic carbocycles. The predicted octanol–water partition coefficient (Wildman–Crippen LogP) is 5.00. The van der Waals surface area contributed by atoms with Crippen LogP contribution in [0.2, 0.25) is 0 Å². The molecule has 1 atom stereocenters. The van der Waals surface area contributed by atoms with Crippen molar-refractivity contribution in [3.8, 4) is 5.75 Å². The molecule has 0 radical (unpaired) electrons. The van der Waals surface area contributed by atoms with E-state index in [2.05, 4.69) is 30.4 Å². The summed E-state index contributed by atoms with van der Waals surface area (Å²) in [5, 5.41) is 3.67. The van der Waals surface area contributed by atoms with E-state index >= 15 is 0 Å². The van der Waals surface area contributed by atoms with Crippen LogP contribution < -0.4 is 10.1 Å². The highest BCUT2D eigenvalue weighted by atomic mass is 32.1. The summed E-state index contributed by atoms with van der Waals surface area (Å²) in [7, 11) is 1.75. The highest BCUT2D eigenvalue weighted by molar-refractivity contribution is 7.12. The van der Waals surface area contributed by atoms with Crippen molar-refractivity contribution in [1.82, 2.24) is 10.3 Å². The smallest absolute Gasteiger partial charge is 0.134 e. The quantitative estimate of drug-likeness (QED) is 0.664. The van der Waals surface area contributed by atoms with Crippen LogP contribution in [0, 0.1) is 6.92 Å².